The fourth-order valence-electron chi connectivity index (χ4n) is 4.43. The Labute approximate surface area is 231 Å². The van der Waals surface area contributed by atoms with Crippen LogP contribution in [0.5, 0.6) is 11.6 Å². The number of fused-ring (bicyclic) bond motifs is 3. The van der Waals surface area contributed by atoms with E-state index in [9.17, 15) is 9.90 Å². The Kier molecular flexibility index (Phi) is 7.33. The molecule has 2 aromatic carbocycles. The second-order valence-electron chi connectivity index (χ2n) is 11.2. The van der Waals surface area contributed by atoms with Gasteiger partial charge in [-0.15, -0.1) is 10.2 Å². The Morgan fingerprint density at radius 3 is 2.24 bits per heavy atom. The number of hydrogen-bond donors (Lipinski definition) is 1. The highest BCUT2D eigenvalue weighted by molar-refractivity contribution is 9.10. The Morgan fingerprint density at radius 1 is 1.08 bits per heavy atom. The third-order valence-electron chi connectivity index (χ3n) is 6.21. The van der Waals surface area contributed by atoms with Gasteiger partial charge in [0.15, 0.2) is 5.69 Å². The molecule has 7 nitrogen and oxygen atoms in total. The molecule has 1 atom stereocenters. The maximum absolute atomic E-state index is 13.3. The third kappa shape index (κ3) is 5.34. The quantitative estimate of drug-likeness (QED) is 0.327. The first-order valence-electron chi connectivity index (χ1n) is 12.2. The lowest BCUT2D eigenvalue weighted by Gasteiger charge is -2.33. The van der Waals surface area contributed by atoms with Crippen molar-refractivity contribution < 1.29 is 14.6 Å². The molecule has 37 heavy (non-hydrogen) atoms. The number of phenols is 1. The Balaban J connectivity index is 2.05. The Morgan fingerprint density at radius 2 is 1.70 bits per heavy atom. The number of hydrogen-bond acceptors (Lipinski definition) is 7. The lowest BCUT2D eigenvalue weighted by Crippen LogP contribution is -2.36. The summed E-state index contributed by atoms with van der Waals surface area (Å²) in [6, 6.07) is 9.53. The van der Waals surface area contributed by atoms with E-state index in [4.69, 9.17) is 4.74 Å². The van der Waals surface area contributed by atoms with Gasteiger partial charge in [-0.05, 0) is 46.9 Å². The minimum absolute atomic E-state index is 0.194. The van der Waals surface area contributed by atoms with Gasteiger partial charge >= 0.3 is 0 Å². The molecule has 9 heteroatoms. The molecule has 0 saturated heterocycles. The number of halogens is 1. The van der Waals surface area contributed by atoms with Crippen molar-refractivity contribution in [1.82, 2.24) is 15.2 Å². The average Bonchev–Trinajstić information content (AvgIpc) is 2.92. The second kappa shape index (κ2) is 9.91. The number of carbonyl (C=O) groups excluding carboxylic acids is 1. The number of carbonyl (C=O) groups is 1. The van der Waals surface area contributed by atoms with E-state index < -0.39 is 6.23 Å². The molecule has 0 radical (unpaired) electrons. The predicted molar refractivity (Wildman–Crippen MR) is 151 cm³/mol. The summed E-state index contributed by atoms with van der Waals surface area (Å²) in [5.41, 5.74) is 3.43. The number of phenolic OH excluding ortho intramolecular Hbond substituents is 1. The number of ether oxygens (including phenoxy) is 1. The first-order chi connectivity index (χ1) is 17.2. The van der Waals surface area contributed by atoms with E-state index >= 15 is 0 Å². The molecule has 2 heterocycles. The van der Waals surface area contributed by atoms with Gasteiger partial charge in [0.1, 0.15) is 5.75 Å². The topological polar surface area (TPSA) is 88.4 Å². The van der Waals surface area contributed by atoms with Crippen LogP contribution in [0.2, 0.25) is 0 Å². The van der Waals surface area contributed by atoms with Gasteiger partial charge in [-0.3, -0.25) is 9.69 Å². The number of thioether (sulfide) groups is 1. The summed E-state index contributed by atoms with van der Waals surface area (Å²) in [7, 11) is 0. The molecule has 1 amide bonds. The second-order valence-corrected chi connectivity index (χ2v) is 13.3. The first kappa shape index (κ1) is 27.4. The van der Waals surface area contributed by atoms with Crippen LogP contribution in [0.1, 0.15) is 78.3 Å². The van der Waals surface area contributed by atoms with Gasteiger partial charge in [0.25, 0.3) is 0 Å². The van der Waals surface area contributed by atoms with E-state index in [1.165, 1.54) is 18.7 Å². The first-order valence-corrected chi connectivity index (χ1v) is 14.0. The predicted octanol–water partition coefficient (Wildman–Crippen LogP) is 7.16. The highest BCUT2D eigenvalue weighted by atomic mass is 79.9. The summed E-state index contributed by atoms with van der Waals surface area (Å²) in [6.07, 6.45) is -0.836. The zero-order chi connectivity index (χ0) is 27.3. The van der Waals surface area contributed by atoms with Crippen LogP contribution in [-0.4, -0.2) is 31.9 Å². The standard InChI is InChI=1S/C28H33BrN4O3S/c1-9-37-26-30-24-22(31-32-26)18-14-17(29)10-11-21(18)33(15(2)34)25(36-24)16-12-19(27(3,4)5)23(35)20(13-16)28(6,7)8/h10-14,25,35H,9H2,1-8H3. The zero-order valence-electron chi connectivity index (χ0n) is 22.5. The molecule has 0 bridgehead atoms. The van der Waals surface area contributed by atoms with Crippen molar-refractivity contribution in [3.63, 3.8) is 0 Å². The van der Waals surface area contributed by atoms with Gasteiger partial charge in [0.2, 0.25) is 23.2 Å². The van der Waals surface area contributed by atoms with E-state index in [0.717, 1.165) is 26.9 Å². The number of aromatic nitrogens is 3. The number of aromatic hydroxyl groups is 1. The Bertz CT molecular complexity index is 1330. The van der Waals surface area contributed by atoms with E-state index in [0.29, 0.717) is 28.0 Å². The van der Waals surface area contributed by atoms with Gasteiger partial charge in [0.05, 0.1) is 5.69 Å². The summed E-state index contributed by atoms with van der Waals surface area (Å²) in [5, 5.41) is 20.6. The molecule has 1 unspecified atom stereocenters. The summed E-state index contributed by atoms with van der Waals surface area (Å²) in [5.74, 6) is 1.16. The van der Waals surface area contributed by atoms with Crippen molar-refractivity contribution >= 4 is 39.3 Å². The van der Waals surface area contributed by atoms with Crippen LogP contribution in [0, 0.1) is 0 Å². The minimum Gasteiger partial charge on any atom is -0.507 e. The summed E-state index contributed by atoms with van der Waals surface area (Å²) >= 11 is 5.02. The third-order valence-corrected chi connectivity index (χ3v) is 7.43. The molecule has 0 aliphatic carbocycles. The van der Waals surface area contributed by atoms with Gasteiger partial charge in [-0.25, -0.2) is 0 Å². The largest absolute Gasteiger partial charge is 0.507 e. The molecule has 0 saturated carbocycles. The zero-order valence-corrected chi connectivity index (χ0v) is 24.9. The molecule has 1 aliphatic heterocycles. The van der Waals surface area contributed by atoms with Gasteiger partial charge < -0.3 is 9.84 Å². The molecule has 0 spiro atoms. The molecule has 0 fully saturated rings. The molecule has 1 aliphatic rings. The highest BCUT2D eigenvalue weighted by Gasteiger charge is 2.37. The molecule has 3 aromatic rings. The number of rotatable bonds is 3. The molecular weight excluding hydrogens is 552 g/mol. The van der Waals surface area contributed by atoms with Crippen LogP contribution < -0.4 is 9.64 Å². The molecule has 1 aromatic heterocycles. The number of anilines is 1. The fourth-order valence-corrected chi connectivity index (χ4v) is 5.29. The number of nitrogens with zero attached hydrogens (tertiary/aromatic N) is 4. The lowest BCUT2D eigenvalue weighted by molar-refractivity contribution is -0.118. The van der Waals surface area contributed by atoms with Crippen molar-refractivity contribution in [3.8, 4) is 22.9 Å². The monoisotopic (exact) mass is 584 g/mol. The van der Waals surface area contributed by atoms with E-state index in [1.54, 1.807) is 4.90 Å². The summed E-state index contributed by atoms with van der Waals surface area (Å²) < 4.78 is 7.42. The molecular formula is C28H33BrN4O3S. The van der Waals surface area contributed by atoms with Crippen molar-refractivity contribution in [2.75, 3.05) is 10.7 Å². The van der Waals surface area contributed by atoms with Crippen LogP contribution in [0.15, 0.2) is 40.0 Å². The van der Waals surface area contributed by atoms with Crippen molar-refractivity contribution in [2.45, 2.75) is 77.6 Å². The van der Waals surface area contributed by atoms with E-state index in [1.807, 2.05) is 37.3 Å². The van der Waals surface area contributed by atoms with Crippen molar-refractivity contribution in [3.05, 3.63) is 51.5 Å². The summed E-state index contributed by atoms with van der Waals surface area (Å²) in [4.78, 5) is 19.6. The normalized spacial score (nSPS) is 15.5. The van der Waals surface area contributed by atoms with Crippen LogP contribution in [-0.2, 0) is 15.6 Å². The smallest absolute Gasteiger partial charge is 0.247 e. The van der Waals surface area contributed by atoms with E-state index in [-0.39, 0.29) is 22.5 Å². The van der Waals surface area contributed by atoms with Crippen LogP contribution >= 0.6 is 27.7 Å². The average molecular weight is 586 g/mol. The molecule has 4 rings (SSSR count). The van der Waals surface area contributed by atoms with Gasteiger partial charge in [-0.1, -0.05) is 76.2 Å². The number of benzene rings is 2. The Hall–Kier alpha value is -2.65. The van der Waals surface area contributed by atoms with Crippen molar-refractivity contribution in [2.24, 2.45) is 0 Å². The maximum Gasteiger partial charge on any atom is 0.247 e. The maximum atomic E-state index is 13.3. The molecule has 196 valence electrons. The van der Waals surface area contributed by atoms with Gasteiger partial charge in [0, 0.05) is 33.7 Å². The van der Waals surface area contributed by atoms with Crippen molar-refractivity contribution in [1.29, 1.82) is 0 Å². The van der Waals surface area contributed by atoms with Gasteiger partial charge in [-0.2, -0.15) is 4.98 Å². The minimum atomic E-state index is -0.836. The van der Waals surface area contributed by atoms with Crippen LogP contribution in [0.3, 0.4) is 0 Å². The highest BCUT2D eigenvalue weighted by Crippen LogP contribution is 2.47. The summed E-state index contributed by atoms with van der Waals surface area (Å²) in [6.45, 7) is 15.9. The number of amides is 1. The lowest BCUT2D eigenvalue weighted by atomic mass is 9.78. The van der Waals surface area contributed by atoms with Crippen LogP contribution in [0.25, 0.3) is 11.3 Å². The van der Waals surface area contributed by atoms with E-state index in [2.05, 4.69) is 72.7 Å². The van der Waals surface area contributed by atoms with Crippen LogP contribution in [0.4, 0.5) is 5.69 Å². The SMILES string of the molecule is CCSc1nnc2c(n1)OC(c1cc(C(C)(C)C)c(O)c(C(C)(C)C)c1)N(C(C)=O)c1ccc(Br)cc1-2. The molecule has 1 N–H and O–H groups in total. The fraction of sp³-hybridized carbons (Fsp3) is 0.429.